The van der Waals surface area contributed by atoms with Gasteiger partial charge in [0.1, 0.15) is 0 Å². The first-order chi connectivity index (χ1) is 10.8. The lowest BCUT2D eigenvalue weighted by Crippen LogP contribution is -2.14. The molecule has 2 aromatic rings. The van der Waals surface area contributed by atoms with Gasteiger partial charge in [0.25, 0.3) is 0 Å². The van der Waals surface area contributed by atoms with Crippen molar-refractivity contribution in [1.82, 2.24) is 0 Å². The number of carbonyl (C=O) groups is 2. The Kier molecular flexibility index (Phi) is 4.55. The van der Waals surface area contributed by atoms with E-state index < -0.39 is 18.7 Å². The lowest BCUT2D eigenvalue weighted by Gasteiger charge is -2.08. The van der Waals surface area contributed by atoms with Crippen LogP contribution in [0.1, 0.15) is 20.7 Å². The molecule has 0 atom stereocenters. The topological polar surface area (TPSA) is 157 Å². The Bertz CT molecular complexity index is 657. The van der Waals surface area contributed by atoms with Crippen LogP contribution in [-0.2, 0) is 9.47 Å². The summed E-state index contributed by atoms with van der Waals surface area (Å²) in [5.74, 6) is -1.44. The molecule has 8 N–H and O–H groups in total. The normalized spacial score (nSPS) is 10.1. The third kappa shape index (κ3) is 4.27. The number of benzene rings is 2. The van der Waals surface area contributed by atoms with Gasteiger partial charge < -0.3 is 32.4 Å². The van der Waals surface area contributed by atoms with E-state index >= 15 is 0 Å². The SMILES string of the molecule is Nc1cc(N)cc(C(=O)OCOC(=O)c2cc(N)cc(N)c2)c1. The number of nitrogen functional groups attached to an aromatic ring is 4. The summed E-state index contributed by atoms with van der Waals surface area (Å²) in [5.41, 5.74) is 23.9. The first-order valence-corrected chi connectivity index (χ1v) is 6.51. The van der Waals surface area contributed by atoms with Gasteiger partial charge in [0.15, 0.2) is 0 Å². The lowest BCUT2D eigenvalue weighted by molar-refractivity contribution is -0.0167. The molecule has 0 aliphatic rings. The average Bonchev–Trinajstić information content (AvgIpc) is 2.44. The van der Waals surface area contributed by atoms with Gasteiger partial charge in [-0.25, -0.2) is 9.59 Å². The molecule has 23 heavy (non-hydrogen) atoms. The van der Waals surface area contributed by atoms with Crippen LogP contribution in [0.5, 0.6) is 0 Å². The molecule has 2 aromatic carbocycles. The molecule has 0 aliphatic carbocycles. The first kappa shape index (κ1) is 16.0. The predicted molar refractivity (Wildman–Crippen MR) is 86.2 cm³/mol. The Morgan fingerprint density at radius 2 is 0.957 bits per heavy atom. The highest BCUT2D eigenvalue weighted by Crippen LogP contribution is 2.16. The van der Waals surface area contributed by atoms with Crippen LogP contribution in [-0.4, -0.2) is 18.7 Å². The summed E-state index contributed by atoms with van der Waals surface area (Å²) in [4.78, 5) is 23.6. The van der Waals surface area contributed by atoms with Crippen molar-refractivity contribution in [3.05, 3.63) is 47.5 Å². The van der Waals surface area contributed by atoms with Gasteiger partial charge in [0.2, 0.25) is 6.79 Å². The van der Waals surface area contributed by atoms with Gasteiger partial charge in [-0.3, -0.25) is 0 Å². The number of rotatable bonds is 4. The molecule has 120 valence electrons. The second-order valence-electron chi connectivity index (χ2n) is 4.76. The fraction of sp³-hybridized carbons (Fsp3) is 0.0667. The summed E-state index contributed by atoms with van der Waals surface area (Å²) in [5, 5.41) is 0. The highest BCUT2D eigenvalue weighted by Gasteiger charge is 2.12. The molecular weight excluding hydrogens is 300 g/mol. The average molecular weight is 316 g/mol. The van der Waals surface area contributed by atoms with Gasteiger partial charge >= 0.3 is 11.9 Å². The molecule has 0 fully saturated rings. The van der Waals surface area contributed by atoms with E-state index in [9.17, 15) is 9.59 Å². The molecule has 0 heterocycles. The van der Waals surface area contributed by atoms with Crippen molar-refractivity contribution in [3.63, 3.8) is 0 Å². The quantitative estimate of drug-likeness (QED) is 0.369. The van der Waals surface area contributed by atoms with Crippen molar-refractivity contribution in [3.8, 4) is 0 Å². The first-order valence-electron chi connectivity index (χ1n) is 6.51. The Balaban J connectivity index is 1.93. The van der Waals surface area contributed by atoms with Crippen molar-refractivity contribution >= 4 is 34.7 Å². The maximum atomic E-state index is 11.8. The summed E-state index contributed by atoms with van der Waals surface area (Å²) < 4.78 is 9.67. The largest absolute Gasteiger partial charge is 0.424 e. The second kappa shape index (κ2) is 6.56. The van der Waals surface area contributed by atoms with Crippen LogP contribution in [0.3, 0.4) is 0 Å². The van der Waals surface area contributed by atoms with Gasteiger partial charge in [-0.05, 0) is 36.4 Å². The molecule has 0 aliphatic heterocycles. The summed E-state index contributed by atoms with van der Waals surface area (Å²) >= 11 is 0. The fourth-order valence-electron chi connectivity index (χ4n) is 1.89. The van der Waals surface area contributed by atoms with Gasteiger partial charge in [0, 0.05) is 22.7 Å². The molecule has 0 unspecified atom stereocenters. The molecule has 8 nitrogen and oxygen atoms in total. The number of ether oxygens (including phenoxy) is 2. The molecule has 0 saturated heterocycles. The van der Waals surface area contributed by atoms with Gasteiger partial charge in [-0.1, -0.05) is 0 Å². The van der Waals surface area contributed by atoms with E-state index in [0.717, 1.165) is 0 Å². The Morgan fingerprint density at radius 3 is 1.26 bits per heavy atom. The van der Waals surface area contributed by atoms with E-state index in [1.807, 2.05) is 0 Å². The Hall–Kier alpha value is -3.42. The number of carbonyl (C=O) groups excluding carboxylic acids is 2. The van der Waals surface area contributed by atoms with Crippen LogP contribution in [0, 0.1) is 0 Å². The summed E-state index contributed by atoms with van der Waals surface area (Å²) in [6, 6.07) is 8.61. The molecule has 8 heteroatoms. The highest BCUT2D eigenvalue weighted by atomic mass is 16.7. The van der Waals surface area contributed by atoms with E-state index in [0.29, 0.717) is 22.7 Å². The maximum Gasteiger partial charge on any atom is 0.341 e. The lowest BCUT2D eigenvalue weighted by atomic mass is 10.2. The third-order valence-electron chi connectivity index (χ3n) is 2.81. The van der Waals surface area contributed by atoms with Crippen molar-refractivity contribution in [1.29, 1.82) is 0 Å². The zero-order valence-electron chi connectivity index (χ0n) is 12.1. The molecule has 0 saturated carbocycles. The number of nitrogens with two attached hydrogens (primary N) is 4. The standard InChI is InChI=1S/C15H16N4O4/c16-10-1-8(2-11(17)5-10)14(20)22-7-23-15(21)9-3-12(18)6-13(19)4-9/h1-6H,7,16-19H2. The van der Waals surface area contributed by atoms with Gasteiger partial charge in [0.05, 0.1) is 11.1 Å². The van der Waals surface area contributed by atoms with Crippen LogP contribution < -0.4 is 22.9 Å². The third-order valence-corrected chi connectivity index (χ3v) is 2.81. The summed E-state index contributed by atoms with van der Waals surface area (Å²) in [6.07, 6.45) is 0. The molecular formula is C15H16N4O4. The minimum Gasteiger partial charge on any atom is -0.424 e. The molecule has 0 radical (unpaired) electrons. The van der Waals surface area contributed by atoms with E-state index in [4.69, 9.17) is 32.4 Å². The molecule has 0 aromatic heterocycles. The Morgan fingerprint density at radius 1 is 0.652 bits per heavy atom. The minimum atomic E-state index is -0.719. The summed E-state index contributed by atoms with van der Waals surface area (Å²) in [7, 11) is 0. The fourth-order valence-corrected chi connectivity index (χ4v) is 1.89. The monoisotopic (exact) mass is 316 g/mol. The van der Waals surface area contributed by atoms with Crippen LogP contribution in [0.2, 0.25) is 0 Å². The van der Waals surface area contributed by atoms with E-state index in [-0.39, 0.29) is 11.1 Å². The minimum absolute atomic E-state index is 0.159. The van der Waals surface area contributed by atoms with E-state index in [1.165, 1.54) is 36.4 Å². The zero-order chi connectivity index (χ0) is 17.0. The van der Waals surface area contributed by atoms with Crippen LogP contribution in [0.4, 0.5) is 22.7 Å². The van der Waals surface area contributed by atoms with E-state index in [2.05, 4.69) is 0 Å². The molecule has 2 rings (SSSR count). The van der Waals surface area contributed by atoms with Crippen LogP contribution >= 0.6 is 0 Å². The summed E-state index contributed by atoms with van der Waals surface area (Å²) in [6.45, 7) is -0.568. The predicted octanol–water partition coefficient (Wildman–Crippen LogP) is 0.987. The van der Waals surface area contributed by atoms with E-state index in [1.54, 1.807) is 0 Å². The van der Waals surface area contributed by atoms with Crippen molar-refractivity contribution in [2.75, 3.05) is 29.7 Å². The zero-order valence-corrected chi connectivity index (χ0v) is 12.1. The number of anilines is 4. The van der Waals surface area contributed by atoms with Gasteiger partial charge in [-0.2, -0.15) is 0 Å². The smallest absolute Gasteiger partial charge is 0.341 e. The van der Waals surface area contributed by atoms with Crippen molar-refractivity contribution in [2.45, 2.75) is 0 Å². The molecule has 0 bridgehead atoms. The second-order valence-corrected chi connectivity index (χ2v) is 4.76. The number of hydrogen-bond acceptors (Lipinski definition) is 8. The van der Waals surface area contributed by atoms with Crippen molar-refractivity contribution in [2.24, 2.45) is 0 Å². The van der Waals surface area contributed by atoms with Crippen LogP contribution in [0.25, 0.3) is 0 Å². The van der Waals surface area contributed by atoms with Crippen LogP contribution in [0.15, 0.2) is 36.4 Å². The number of hydrogen-bond donors (Lipinski definition) is 4. The van der Waals surface area contributed by atoms with Crippen molar-refractivity contribution < 1.29 is 19.1 Å². The molecule has 0 amide bonds. The Labute approximate surface area is 131 Å². The highest BCUT2D eigenvalue weighted by molar-refractivity contribution is 5.93. The maximum absolute atomic E-state index is 11.8. The number of esters is 2. The molecule has 0 spiro atoms. The van der Waals surface area contributed by atoms with Gasteiger partial charge in [-0.15, -0.1) is 0 Å².